The van der Waals surface area contributed by atoms with Gasteiger partial charge in [-0.2, -0.15) is 0 Å². The van der Waals surface area contributed by atoms with Gasteiger partial charge >= 0.3 is 0 Å². The molecule has 0 unspecified atom stereocenters. The first-order chi connectivity index (χ1) is 12.1. The highest BCUT2D eigenvalue weighted by Gasteiger charge is 2.32. The molecule has 25 heavy (non-hydrogen) atoms. The standard InChI is InChI=1S/C20H23ClN2OS/c1-15-7-3-4-8-16(15)13-22(2)14-19(24)23-11-12-25-20(23)17-9-5-6-10-18(17)21/h3-10,20H,11-14H2,1-2H3/t20-/m1/s1. The maximum Gasteiger partial charge on any atom is 0.237 e. The van der Waals surface area contributed by atoms with E-state index in [1.807, 2.05) is 48.3 Å². The second-order valence-corrected chi connectivity index (χ2v) is 8.03. The summed E-state index contributed by atoms with van der Waals surface area (Å²) >= 11 is 8.12. The minimum Gasteiger partial charge on any atom is -0.325 e. The number of halogens is 1. The van der Waals surface area contributed by atoms with Crippen molar-refractivity contribution in [2.75, 3.05) is 25.9 Å². The first kappa shape index (κ1) is 18.3. The predicted molar refractivity (Wildman–Crippen MR) is 106 cm³/mol. The van der Waals surface area contributed by atoms with Gasteiger partial charge in [-0.1, -0.05) is 54.1 Å². The van der Waals surface area contributed by atoms with E-state index in [0.717, 1.165) is 29.4 Å². The lowest BCUT2D eigenvalue weighted by atomic mass is 10.1. The van der Waals surface area contributed by atoms with E-state index in [-0.39, 0.29) is 11.3 Å². The Morgan fingerprint density at radius 2 is 1.96 bits per heavy atom. The molecule has 2 aromatic rings. The Bertz CT molecular complexity index is 752. The maximum atomic E-state index is 12.9. The zero-order chi connectivity index (χ0) is 17.8. The summed E-state index contributed by atoms with van der Waals surface area (Å²) in [7, 11) is 2.00. The van der Waals surface area contributed by atoms with Gasteiger partial charge in [0.2, 0.25) is 5.91 Å². The lowest BCUT2D eigenvalue weighted by Gasteiger charge is -2.27. The highest BCUT2D eigenvalue weighted by atomic mass is 35.5. The minimum absolute atomic E-state index is 0.0214. The number of amides is 1. The molecule has 3 rings (SSSR count). The Morgan fingerprint density at radius 3 is 2.72 bits per heavy atom. The molecule has 0 spiro atoms. The van der Waals surface area contributed by atoms with E-state index in [9.17, 15) is 4.79 Å². The number of carbonyl (C=O) groups excluding carboxylic acids is 1. The fourth-order valence-corrected chi connectivity index (χ4v) is 4.73. The van der Waals surface area contributed by atoms with Gasteiger partial charge < -0.3 is 4.90 Å². The molecule has 2 aromatic carbocycles. The van der Waals surface area contributed by atoms with Gasteiger partial charge in [-0.3, -0.25) is 9.69 Å². The van der Waals surface area contributed by atoms with Crippen LogP contribution in [0.4, 0.5) is 0 Å². The highest BCUT2D eigenvalue weighted by molar-refractivity contribution is 7.99. The monoisotopic (exact) mass is 374 g/mol. The fraction of sp³-hybridized carbons (Fsp3) is 0.350. The van der Waals surface area contributed by atoms with Gasteiger partial charge in [-0.25, -0.2) is 0 Å². The number of benzene rings is 2. The van der Waals surface area contributed by atoms with Crippen LogP contribution in [0.15, 0.2) is 48.5 Å². The molecule has 0 saturated carbocycles. The van der Waals surface area contributed by atoms with Gasteiger partial charge in [0.25, 0.3) is 0 Å². The molecule has 3 nitrogen and oxygen atoms in total. The van der Waals surface area contributed by atoms with Crippen LogP contribution in [0.1, 0.15) is 22.1 Å². The molecule has 1 aliphatic heterocycles. The summed E-state index contributed by atoms with van der Waals surface area (Å²) in [6.45, 7) is 4.07. The van der Waals surface area contributed by atoms with Crippen LogP contribution in [0.5, 0.6) is 0 Å². The normalized spacial score (nSPS) is 17.3. The molecular weight excluding hydrogens is 352 g/mol. The van der Waals surface area contributed by atoms with Crippen LogP contribution in [0.3, 0.4) is 0 Å². The van der Waals surface area contributed by atoms with E-state index in [1.165, 1.54) is 11.1 Å². The van der Waals surface area contributed by atoms with Crippen LogP contribution in [0, 0.1) is 6.92 Å². The van der Waals surface area contributed by atoms with E-state index < -0.39 is 0 Å². The molecule has 1 saturated heterocycles. The Kier molecular flexibility index (Phi) is 6.05. The largest absolute Gasteiger partial charge is 0.325 e. The number of hydrogen-bond donors (Lipinski definition) is 0. The van der Waals surface area contributed by atoms with Crippen molar-refractivity contribution >= 4 is 29.3 Å². The summed E-state index contributed by atoms with van der Waals surface area (Å²) in [5, 5.41) is 0.751. The third-order valence-electron chi connectivity index (χ3n) is 4.49. The van der Waals surface area contributed by atoms with Crippen molar-refractivity contribution in [3.63, 3.8) is 0 Å². The smallest absolute Gasteiger partial charge is 0.237 e. The number of aryl methyl sites for hydroxylation is 1. The van der Waals surface area contributed by atoms with Crippen molar-refractivity contribution in [2.24, 2.45) is 0 Å². The summed E-state index contributed by atoms with van der Waals surface area (Å²) in [5.74, 6) is 1.11. The topological polar surface area (TPSA) is 23.6 Å². The van der Waals surface area contributed by atoms with E-state index >= 15 is 0 Å². The number of carbonyl (C=O) groups is 1. The van der Waals surface area contributed by atoms with E-state index in [4.69, 9.17) is 11.6 Å². The third kappa shape index (κ3) is 4.38. The fourth-order valence-electron chi connectivity index (χ4n) is 3.11. The van der Waals surface area contributed by atoms with Crippen molar-refractivity contribution in [2.45, 2.75) is 18.8 Å². The Hall–Kier alpha value is -1.49. The molecular formula is C20H23ClN2OS. The van der Waals surface area contributed by atoms with Crippen molar-refractivity contribution in [1.82, 2.24) is 9.80 Å². The van der Waals surface area contributed by atoms with Crippen molar-refractivity contribution in [1.29, 1.82) is 0 Å². The van der Waals surface area contributed by atoms with Gasteiger partial charge in [0.1, 0.15) is 5.37 Å². The van der Waals surface area contributed by atoms with Crippen molar-refractivity contribution in [3.05, 3.63) is 70.2 Å². The Balaban J connectivity index is 1.66. The zero-order valence-corrected chi connectivity index (χ0v) is 16.2. The summed E-state index contributed by atoms with van der Waals surface area (Å²) in [5.41, 5.74) is 3.55. The average Bonchev–Trinajstić information content (AvgIpc) is 3.07. The molecule has 1 fully saturated rings. The lowest BCUT2D eigenvalue weighted by molar-refractivity contribution is -0.132. The van der Waals surface area contributed by atoms with E-state index in [2.05, 4.69) is 24.0 Å². The number of likely N-dealkylation sites (N-methyl/N-ethyl adjacent to an activating group) is 1. The van der Waals surface area contributed by atoms with Crippen LogP contribution in [-0.2, 0) is 11.3 Å². The van der Waals surface area contributed by atoms with Gasteiger partial charge in [0, 0.05) is 29.4 Å². The molecule has 1 amide bonds. The molecule has 5 heteroatoms. The third-order valence-corrected chi connectivity index (χ3v) is 6.08. The van der Waals surface area contributed by atoms with Crippen molar-refractivity contribution in [3.8, 4) is 0 Å². The molecule has 0 radical (unpaired) electrons. The molecule has 0 N–H and O–H groups in total. The number of thioether (sulfide) groups is 1. The molecule has 1 heterocycles. The highest BCUT2D eigenvalue weighted by Crippen LogP contribution is 2.40. The number of nitrogens with zero attached hydrogens (tertiary/aromatic N) is 2. The van der Waals surface area contributed by atoms with Gasteiger partial charge in [-0.15, -0.1) is 11.8 Å². The second-order valence-electron chi connectivity index (χ2n) is 6.43. The quantitative estimate of drug-likeness (QED) is 0.777. The second kappa shape index (κ2) is 8.26. The van der Waals surface area contributed by atoms with E-state index in [0.29, 0.717) is 6.54 Å². The molecule has 0 aromatic heterocycles. The molecule has 1 aliphatic rings. The first-order valence-corrected chi connectivity index (χ1v) is 9.87. The van der Waals surface area contributed by atoms with Gasteiger partial charge in [0.05, 0.1) is 6.54 Å². The summed E-state index contributed by atoms with van der Waals surface area (Å²) in [4.78, 5) is 16.9. The van der Waals surface area contributed by atoms with Crippen LogP contribution in [0.2, 0.25) is 5.02 Å². The summed E-state index contributed by atoms with van der Waals surface area (Å²) < 4.78 is 0. The zero-order valence-electron chi connectivity index (χ0n) is 14.6. The van der Waals surface area contributed by atoms with E-state index in [1.54, 1.807) is 11.8 Å². The van der Waals surface area contributed by atoms with Crippen molar-refractivity contribution < 1.29 is 4.79 Å². The summed E-state index contributed by atoms with van der Waals surface area (Å²) in [6.07, 6.45) is 0. The van der Waals surface area contributed by atoms with Gasteiger partial charge in [0.15, 0.2) is 0 Å². The molecule has 0 aliphatic carbocycles. The van der Waals surface area contributed by atoms with Crippen LogP contribution in [0.25, 0.3) is 0 Å². The average molecular weight is 375 g/mol. The SMILES string of the molecule is Cc1ccccc1CN(C)CC(=O)N1CCS[C@@H]1c1ccccc1Cl. The first-order valence-electron chi connectivity index (χ1n) is 8.45. The van der Waals surface area contributed by atoms with Crippen LogP contribution >= 0.6 is 23.4 Å². The number of rotatable bonds is 5. The molecule has 0 bridgehead atoms. The lowest BCUT2D eigenvalue weighted by Crippen LogP contribution is -2.38. The number of hydrogen-bond acceptors (Lipinski definition) is 3. The van der Waals surface area contributed by atoms with Crippen LogP contribution < -0.4 is 0 Å². The Morgan fingerprint density at radius 1 is 1.24 bits per heavy atom. The Labute approximate surface area is 159 Å². The summed E-state index contributed by atoms with van der Waals surface area (Å²) in [6, 6.07) is 16.1. The maximum absolute atomic E-state index is 12.9. The molecule has 1 atom stereocenters. The molecule has 132 valence electrons. The van der Waals surface area contributed by atoms with Crippen LogP contribution in [-0.4, -0.2) is 41.6 Å². The predicted octanol–water partition coefficient (Wildman–Crippen LogP) is 4.35. The van der Waals surface area contributed by atoms with Gasteiger partial charge in [-0.05, 0) is 31.2 Å². The minimum atomic E-state index is 0.0214.